The number of halogens is 1. The Balaban J connectivity index is 1.29. The average Bonchev–Trinajstić information content (AvgIpc) is 2.84. The molecule has 1 N–H and O–H groups in total. The number of benzene rings is 2. The summed E-state index contributed by atoms with van der Waals surface area (Å²) in [7, 11) is -3.75. The number of rotatable bonds is 7. The van der Waals surface area contributed by atoms with Gasteiger partial charge in [-0.1, -0.05) is 24.3 Å². The minimum Gasteiger partial charge on any atom is -0.379 e. The summed E-state index contributed by atoms with van der Waals surface area (Å²) in [4.78, 5) is 15.2. The van der Waals surface area contributed by atoms with Crippen LogP contribution in [-0.4, -0.2) is 62.9 Å². The van der Waals surface area contributed by atoms with Crippen LogP contribution in [0.25, 0.3) is 0 Å². The predicted octanol–water partition coefficient (Wildman–Crippen LogP) is 2.38. The standard InChI is InChI=1S/C24H30FN3O4S/c25-22-7-9-23(10-8-22)33(30,31)28-11-1-2-21(18-28)24(29)26-16-19-3-5-20(6-4-19)17-27-12-14-32-15-13-27/h3-10,21H,1-2,11-18H2,(H,26,29)/t21-/m0/s1. The molecule has 0 saturated carbocycles. The molecule has 0 aromatic heterocycles. The Morgan fingerprint density at radius 3 is 2.36 bits per heavy atom. The van der Waals surface area contributed by atoms with Gasteiger partial charge in [0, 0.05) is 39.3 Å². The highest BCUT2D eigenvalue weighted by Crippen LogP contribution is 2.24. The molecule has 1 atom stereocenters. The summed E-state index contributed by atoms with van der Waals surface area (Å²) in [6.07, 6.45) is 1.24. The highest BCUT2D eigenvalue weighted by atomic mass is 32.2. The second kappa shape index (κ2) is 10.7. The van der Waals surface area contributed by atoms with Crippen LogP contribution < -0.4 is 5.32 Å². The molecule has 2 fully saturated rings. The number of nitrogens with zero attached hydrogens (tertiary/aromatic N) is 2. The van der Waals surface area contributed by atoms with Gasteiger partial charge in [0.05, 0.1) is 24.0 Å². The molecule has 33 heavy (non-hydrogen) atoms. The molecular weight excluding hydrogens is 445 g/mol. The monoisotopic (exact) mass is 475 g/mol. The fourth-order valence-corrected chi connectivity index (χ4v) is 5.77. The molecule has 2 aliphatic rings. The summed E-state index contributed by atoms with van der Waals surface area (Å²) >= 11 is 0. The molecular formula is C24H30FN3O4S. The maximum absolute atomic E-state index is 13.2. The number of ether oxygens (including phenoxy) is 1. The lowest BCUT2D eigenvalue weighted by Gasteiger charge is -2.31. The van der Waals surface area contributed by atoms with Gasteiger partial charge in [0.15, 0.2) is 0 Å². The highest BCUT2D eigenvalue weighted by Gasteiger charge is 2.33. The maximum Gasteiger partial charge on any atom is 0.243 e. The predicted molar refractivity (Wildman–Crippen MR) is 122 cm³/mol. The van der Waals surface area contributed by atoms with E-state index in [2.05, 4.69) is 22.3 Å². The van der Waals surface area contributed by atoms with Crippen molar-refractivity contribution in [3.8, 4) is 0 Å². The first-order valence-electron chi connectivity index (χ1n) is 11.3. The van der Waals surface area contributed by atoms with Crippen molar-refractivity contribution in [2.75, 3.05) is 39.4 Å². The van der Waals surface area contributed by atoms with Crippen molar-refractivity contribution in [3.63, 3.8) is 0 Å². The van der Waals surface area contributed by atoms with Gasteiger partial charge in [-0.25, -0.2) is 12.8 Å². The van der Waals surface area contributed by atoms with Gasteiger partial charge in [0.2, 0.25) is 15.9 Å². The Hall–Kier alpha value is -2.33. The van der Waals surface area contributed by atoms with E-state index in [4.69, 9.17) is 4.74 Å². The number of piperidine rings is 1. The third kappa shape index (κ3) is 6.17. The smallest absolute Gasteiger partial charge is 0.243 e. The highest BCUT2D eigenvalue weighted by molar-refractivity contribution is 7.89. The van der Waals surface area contributed by atoms with Crippen LogP contribution in [0.15, 0.2) is 53.4 Å². The number of sulfonamides is 1. The van der Waals surface area contributed by atoms with Crippen molar-refractivity contribution in [3.05, 3.63) is 65.5 Å². The Labute approximate surface area is 194 Å². The quantitative estimate of drug-likeness (QED) is 0.665. The van der Waals surface area contributed by atoms with E-state index >= 15 is 0 Å². The third-order valence-corrected chi connectivity index (χ3v) is 8.09. The topological polar surface area (TPSA) is 79.0 Å². The minimum atomic E-state index is -3.75. The second-order valence-electron chi connectivity index (χ2n) is 8.58. The summed E-state index contributed by atoms with van der Waals surface area (Å²) in [6, 6.07) is 13.0. The van der Waals surface area contributed by atoms with Crippen molar-refractivity contribution in [1.29, 1.82) is 0 Å². The number of hydrogen-bond acceptors (Lipinski definition) is 5. The molecule has 2 heterocycles. The molecule has 0 aliphatic carbocycles. The summed E-state index contributed by atoms with van der Waals surface area (Å²) in [6.45, 7) is 5.19. The van der Waals surface area contributed by atoms with E-state index in [0.29, 0.717) is 25.9 Å². The van der Waals surface area contributed by atoms with Gasteiger partial charge in [0.1, 0.15) is 5.82 Å². The van der Waals surface area contributed by atoms with E-state index in [1.165, 1.54) is 22.0 Å². The van der Waals surface area contributed by atoms with Crippen LogP contribution in [0.1, 0.15) is 24.0 Å². The van der Waals surface area contributed by atoms with E-state index in [0.717, 1.165) is 50.5 Å². The van der Waals surface area contributed by atoms with Crippen LogP contribution in [0.3, 0.4) is 0 Å². The molecule has 0 unspecified atom stereocenters. The molecule has 1 amide bonds. The largest absolute Gasteiger partial charge is 0.379 e. The van der Waals surface area contributed by atoms with Crippen molar-refractivity contribution < 1.29 is 22.3 Å². The first kappa shape index (κ1) is 23.8. The zero-order valence-corrected chi connectivity index (χ0v) is 19.4. The second-order valence-corrected chi connectivity index (χ2v) is 10.5. The third-order valence-electron chi connectivity index (χ3n) is 6.21. The average molecular weight is 476 g/mol. The SMILES string of the molecule is O=C(NCc1ccc(CN2CCOCC2)cc1)[C@H]1CCCN(S(=O)(=O)c2ccc(F)cc2)C1. The van der Waals surface area contributed by atoms with E-state index < -0.39 is 21.8 Å². The van der Waals surface area contributed by atoms with Crippen LogP contribution in [0.4, 0.5) is 4.39 Å². The molecule has 0 bridgehead atoms. The van der Waals surface area contributed by atoms with Crippen molar-refractivity contribution in [2.24, 2.45) is 5.92 Å². The lowest BCUT2D eigenvalue weighted by atomic mass is 9.98. The van der Waals surface area contributed by atoms with Crippen molar-refractivity contribution >= 4 is 15.9 Å². The summed E-state index contributed by atoms with van der Waals surface area (Å²) < 4.78 is 45.6. The number of nitrogens with one attached hydrogen (secondary N) is 1. The van der Waals surface area contributed by atoms with E-state index in [1.807, 2.05) is 12.1 Å². The zero-order valence-electron chi connectivity index (χ0n) is 18.6. The summed E-state index contributed by atoms with van der Waals surface area (Å²) in [5.74, 6) is -1.04. The van der Waals surface area contributed by atoms with E-state index in [1.54, 1.807) is 0 Å². The Morgan fingerprint density at radius 2 is 1.67 bits per heavy atom. The maximum atomic E-state index is 13.2. The molecule has 0 radical (unpaired) electrons. The van der Waals surface area contributed by atoms with Gasteiger partial charge in [-0.2, -0.15) is 4.31 Å². The van der Waals surface area contributed by atoms with Crippen molar-refractivity contribution in [2.45, 2.75) is 30.8 Å². The minimum absolute atomic E-state index is 0.0436. The van der Waals surface area contributed by atoms with Gasteiger partial charge in [-0.05, 0) is 48.2 Å². The molecule has 2 aromatic rings. The number of carbonyl (C=O) groups is 1. The number of amides is 1. The Kier molecular flexibility index (Phi) is 7.75. The normalized spacial score (nSPS) is 20.5. The number of carbonyl (C=O) groups excluding carboxylic acids is 1. The fraction of sp³-hybridized carbons (Fsp3) is 0.458. The first-order chi connectivity index (χ1) is 15.9. The molecule has 2 saturated heterocycles. The zero-order chi connectivity index (χ0) is 23.3. The van der Waals surface area contributed by atoms with Gasteiger partial charge >= 0.3 is 0 Å². The summed E-state index contributed by atoms with van der Waals surface area (Å²) in [5.41, 5.74) is 2.22. The molecule has 7 nitrogen and oxygen atoms in total. The lowest BCUT2D eigenvalue weighted by Crippen LogP contribution is -2.45. The summed E-state index contributed by atoms with van der Waals surface area (Å²) in [5, 5.41) is 2.95. The molecule has 4 rings (SSSR count). The molecule has 178 valence electrons. The molecule has 2 aliphatic heterocycles. The number of morpholine rings is 1. The van der Waals surface area contributed by atoms with E-state index in [9.17, 15) is 17.6 Å². The first-order valence-corrected chi connectivity index (χ1v) is 12.8. The van der Waals surface area contributed by atoms with Crippen molar-refractivity contribution in [1.82, 2.24) is 14.5 Å². The van der Waals surface area contributed by atoms with Crippen LogP contribution in [0, 0.1) is 11.7 Å². The van der Waals surface area contributed by atoms with Gasteiger partial charge in [-0.3, -0.25) is 9.69 Å². The lowest BCUT2D eigenvalue weighted by molar-refractivity contribution is -0.126. The molecule has 0 spiro atoms. The van der Waals surface area contributed by atoms with Crippen LogP contribution in [0.2, 0.25) is 0 Å². The molecule has 2 aromatic carbocycles. The van der Waals surface area contributed by atoms with Gasteiger partial charge < -0.3 is 10.1 Å². The Bertz CT molecular complexity index is 1040. The fourth-order valence-electron chi connectivity index (χ4n) is 4.24. The van der Waals surface area contributed by atoms with Gasteiger partial charge in [0.25, 0.3) is 0 Å². The van der Waals surface area contributed by atoms with Crippen LogP contribution >= 0.6 is 0 Å². The Morgan fingerprint density at radius 1 is 1.00 bits per heavy atom. The van der Waals surface area contributed by atoms with Crippen LogP contribution in [-0.2, 0) is 32.6 Å². The van der Waals surface area contributed by atoms with Crippen LogP contribution in [0.5, 0.6) is 0 Å². The number of hydrogen-bond donors (Lipinski definition) is 1. The van der Waals surface area contributed by atoms with Gasteiger partial charge in [-0.15, -0.1) is 0 Å². The molecule has 9 heteroatoms. The van der Waals surface area contributed by atoms with E-state index in [-0.39, 0.29) is 17.3 Å².